The zero-order chi connectivity index (χ0) is 18.7. The van der Waals surface area contributed by atoms with Crippen molar-refractivity contribution in [2.75, 3.05) is 11.4 Å². The standard InChI is InChI=1S/C20H18N2O4/c21-18(24)13-22-17-9-5-4-8-16(17)20(26,19(22)25)12-15(23)11-10-14-6-2-1-3-7-14/h1-11,26H,12-13H2,(H2,21,24)/b11-10+. The monoisotopic (exact) mass is 350 g/mol. The van der Waals surface area contributed by atoms with E-state index in [1.807, 2.05) is 30.3 Å². The maximum absolute atomic E-state index is 12.7. The van der Waals surface area contributed by atoms with Crippen molar-refractivity contribution >= 4 is 29.4 Å². The van der Waals surface area contributed by atoms with Crippen LogP contribution in [0.1, 0.15) is 17.5 Å². The zero-order valence-corrected chi connectivity index (χ0v) is 14.0. The number of anilines is 1. The van der Waals surface area contributed by atoms with Crippen molar-refractivity contribution in [2.45, 2.75) is 12.0 Å². The molecule has 2 amide bonds. The molecular formula is C20H18N2O4. The molecule has 0 bridgehead atoms. The summed E-state index contributed by atoms with van der Waals surface area (Å²) in [6, 6.07) is 15.8. The Morgan fingerprint density at radius 2 is 1.73 bits per heavy atom. The first kappa shape index (κ1) is 17.6. The maximum atomic E-state index is 12.7. The van der Waals surface area contributed by atoms with Gasteiger partial charge in [0, 0.05) is 5.56 Å². The van der Waals surface area contributed by atoms with Crippen molar-refractivity contribution in [1.29, 1.82) is 0 Å². The minimum atomic E-state index is -2.01. The topological polar surface area (TPSA) is 101 Å². The Bertz CT molecular complexity index is 892. The Kier molecular flexibility index (Phi) is 4.69. The number of primary amides is 1. The molecule has 2 aromatic carbocycles. The van der Waals surface area contributed by atoms with E-state index in [2.05, 4.69) is 0 Å². The molecule has 1 aliphatic heterocycles. The van der Waals surface area contributed by atoms with Gasteiger partial charge in [-0.2, -0.15) is 0 Å². The lowest BCUT2D eigenvalue weighted by atomic mass is 9.89. The minimum absolute atomic E-state index is 0.299. The van der Waals surface area contributed by atoms with Crippen molar-refractivity contribution in [2.24, 2.45) is 5.73 Å². The van der Waals surface area contributed by atoms with Crippen LogP contribution in [0.25, 0.3) is 6.08 Å². The predicted molar refractivity (Wildman–Crippen MR) is 97.0 cm³/mol. The summed E-state index contributed by atoms with van der Waals surface area (Å²) in [4.78, 5) is 37.5. The van der Waals surface area contributed by atoms with E-state index in [-0.39, 0.29) is 6.54 Å². The third kappa shape index (κ3) is 3.27. The van der Waals surface area contributed by atoms with E-state index in [0.29, 0.717) is 11.3 Å². The number of hydrogen-bond donors (Lipinski definition) is 2. The van der Waals surface area contributed by atoms with Crippen LogP contribution < -0.4 is 10.6 Å². The molecule has 26 heavy (non-hydrogen) atoms. The minimum Gasteiger partial charge on any atom is -0.375 e. The molecule has 0 aliphatic carbocycles. The van der Waals surface area contributed by atoms with Gasteiger partial charge in [-0.15, -0.1) is 0 Å². The number of allylic oxidation sites excluding steroid dienone is 1. The number of nitrogens with zero attached hydrogens (tertiary/aromatic N) is 1. The number of rotatable bonds is 6. The van der Waals surface area contributed by atoms with Crippen molar-refractivity contribution in [3.63, 3.8) is 0 Å². The molecule has 0 saturated carbocycles. The molecule has 1 atom stereocenters. The molecule has 132 valence electrons. The van der Waals surface area contributed by atoms with E-state index in [9.17, 15) is 19.5 Å². The number of fused-ring (bicyclic) bond motifs is 1. The molecule has 0 aromatic heterocycles. The van der Waals surface area contributed by atoms with Crippen LogP contribution in [0.2, 0.25) is 0 Å². The van der Waals surface area contributed by atoms with Gasteiger partial charge < -0.3 is 10.8 Å². The molecule has 6 nitrogen and oxygen atoms in total. The first-order chi connectivity index (χ1) is 12.4. The molecule has 0 saturated heterocycles. The van der Waals surface area contributed by atoms with Gasteiger partial charge in [0.25, 0.3) is 5.91 Å². The van der Waals surface area contributed by atoms with Crippen LogP contribution in [-0.2, 0) is 20.0 Å². The predicted octanol–water partition coefficient (Wildman–Crippen LogP) is 1.38. The average Bonchev–Trinajstić information content (AvgIpc) is 2.83. The summed E-state index contributed by atoms with van der Waals surface area (Å²) in [5.74, 6) is -1.83. The van der Waals surface area contributed by atoms with Crippen LogP contribution in [0.4, 0.5) is 5.69 Å². The fourth-order valence-electron chi connectivity index (χ4n) is 3.05. The Morgan fingerprint density at radius 3 is 2.42 bits per heavy atom. The second-order valence-corrected chi connectivity index (χ2v) is 6.12. The van der Waals surface area contributed by atoms with Gasteiger partial charge in [-0.1, -0.05) is 54.6 Å². The largest absolute Gasteiger partial charge is 0.375 e. The number of carbonyl (C=O) groups excluding carboxylic acids is 3. The normalized spacial score (nSPS) is 19.0. The molecule has 1 heterocycles. The number of benzene rings is 2. The first-order valence-corrected chi connectivity index (χ1v) is 8.10. The quantitative estimate of drug-likeness (QED) is 0.769. The highest BCUT2D eigenvalue weighted by Crippen LogP contribution is 2.42. The molecule has 3 rings (SSSR count). The van der Waals surface area contributed by atoms with E-state index >= 15 is 0 Å². The molecule has 0 radical (unpaired) electrons. The van der Waals surface area contributed by atoms with Crippen LogP contribution in [0.5, 0.6) is 0 Å². The fraction of sp³-hybridized carbons (Fsp3) is 0.150. The van der Waals surface area contributed by atoms with Crippen molar-refractivity contribution < 1.29 is 19.5 Å². The Labute approximate surface area is 150 Å². The van der Waals surface area contributed by atoms with E-state index in [1.54, 1.807) is 30.3 Å². The number of hydrogen-bond acceptors (Lipinski definition) is 4. The summed E-state index contributed by atoms with van der Waals surface area (Å²) in [5.41, 5.74) is 4.71. The van der Waals surface area contributed by atoms with Crippen molar-refractivity contribution in [3.05, 3.63) is 71.8 Å². The van der Waals surface area contributed by atoms with E-state index in [4.69, 9.17) is 5.73 Å². The van der Waals surface area contributed by atoms with Gasteiger partial charge in [0.05, 0.1) is 12.1 Å². The average molecular weight is 350 g/mol. The van der Waals surface area contributed by atoms with Crippen LogP contribution in [-0.4, -0.2) is 29.2 Å². The Morgan fingerprint density at radius 1 is 1.08 bits per heavy atom. The second-order valence-electron chi connectivity index (χ2n) is 6.12. The van der Waals surface area contributed by atoms with E-state index in [1.165, 1.54) is 6.08 Å². The Balaban J connectivity index is 1.86. The highest BCUT2D eigenvalue weighted by atomic mass is 16.3. The fourth-order valence-corrected chi connectivity index (χ4v) is 3.05. The van der Waals surface area contributed by atoms with E-state index in [0.717, 1.165) is 10.5 Å². The van der Waals surface area contributed by atoms with Crippen LogP contribution >= 0.6 is 0 Å². The van der Waals surface area contributed by atoms with Gasteiger partial charge in [-0.05, 0) is 17.7 Å². The van der Waals surface area contributed by atoms with Gasteiger partial charge in [0.1, 0.15) is 6.54 Å². The second kappa shape index (κ2) is 6.93. The van der Waals surface area contributed by atoms with Gasteiger partial charge >= 0.3 is 0 Å². The maximum Gasteiger partial charge on any atom is 0.264 e. The van der Waals surface area contributed by atoms with Gasteiger partial charge in [0.2, 0.25) is 5.91 Å². The number of aliphatic hydroxyl groups is 1. The molecule has 1 unspecified atom stereocenters. The number of carbonyl (C=O) groups is 3. The number of nitrogens with two attached hydrogens (primary N) is 1. The SMILES string of the molecule is NC(=O)CN1C(=O)C(O)(CC(=O)/C=C/c2ccccc2)c2ccccc21. The molecule has 3 N–H and O–H groups in total. The molecule has 0 fully saturated rings. The van der Waals surface area contributed by atoms with Gasteiger partial charge in [-0.3, -0.25) is 19.3 Å². The highest BCUT2D eigenvalue weighted by Gasteiger charge is 2.50. The zero-order valence-electron chi connectivity index (χ0n) is 14.0. The smallest absolute Gasteiger partial charge is 0.264 e. The Hall–Kier alpha value is -3.25. The molecule has 0 spiro atoms. The van der Waals surface area contributed by atoms with Crippen LogP contribution in [0.15, 0.2) is 60.7 Å². The number of para-hydroxylation sites is 1. The molecule has 2 aromatic rings. The third-order valence-corrected chi connectivity index (χ3v) is 4.24. The van der Waals surface area contributed by atoms with Gasteiger partial charge in [-0.25, -0.2) is 0 Å². The number of ketones is 1. The summed E-state index contributed by atoms with van der Waals surface area (Å²) in [6.07, 6.45) is 2.54. The lowest BCUT2D eigenvalue weighted by molar-refractivity contribution is -0.141. The molecule has 6 heteroatoms. The summed E-state index contributed by atoms with van der Waals surface area (Å²) >= 11 is 0. The molecule has 1 aliphatic rings. The summed E-state index contributed by atoms with van der Waals surface area (Å²) < 4.78 is 0. The van der Waals surface area contributed by atoms with Crippen LogP contribution in [0, 0.1) is 0 Å². The lowest BCUT2D eigenvalue weighted by Crippen LogP contribution is -2.44. The lowest BCUT2D eigenvalue weighted by Gasteiger charge is -2.21. The van der Waals surface area contributed by atoms with Crippen LogP contribution in [0.3, 0.4) is 0 Å². The summed E-state index contributed by atoms with van der Waals surface area (Å²) in [6.45, 7) is -0.355. The summed E-state index contributed by atoms with van der Waals surface area (Å²) in [7, 11) is 0. The van der Waals surface area contributed by atoms with E-state index < -0.39 is 29.6 Å². The van der Waals surface area contributed by atoms with Gasteiger partial charge in [0.15, 0.2) is 11.4 Å². The van der Waals surface area contributed by atoms with Crippen molar-refractivity contribution in [1.82, 2.24) is 0 Å². The first-order valence-electron chi connectivity index (χ1n) is 8.10. The van der Waals surface area contributed by atoms with Crippen molar-refractivity contribution in [3.8, 4) is 0 Å². The third-order valence-electron chi connectivity index (χ3n) is 4.24. The summed E-state index contributed by atoms with van der Waals surface area (Å²) in [5, 5.41) is 11.0. The molecular weight excluding hydrogens is 332 g/mol. The highest BCUT2D eigenvalue weighted by molar-refractivity contribution is 6.12. The number of amides is 2.